The Hall–Kier alpha value is -0.320. The molecule has 0 bridgehead atoms. The van der Waals surface area contributed by atoms with Crippen molar-refractivity contribution in [3.63, 3.8) is 0 Å². The molecule has 1 saturated carbocycles. The highest BCUT2D eigenvalue weighted by molar-refractivity contribution is 5.89. The summed E-state index contributed by atoms with van der Waals surface area (Å²) >= 11 is 0. The van der Waals surface area contributed by atoms with Crippen molar-refractivity contribution in [1.29, 1.82) is 0 Å². The highest BCUT2D eigenvalue weighted by Gasteiger charge is 2.71. The van der Waals surface area contributed by atoms with Crippen LogP contribution in [0.2, 0.25) is 0 Å². The third-order valence-electron chi connectivity index (χ3n) is 6.19. The first-order chi connectivity index (χ1) is 9.42. The summed E-state index contributed by atoms with van der Waals surface area (Å²) in [7, 11) is 0. The summed E-state index contributed by atoms with van der Waals surface area (Å²) in [6, 6.07) is 0. The smallest absolute Gasteiger partial charge is 0.243 e. The van der Waals surface area contributed by atoms with Gasteiger partial charge in [0, 0.05) is 31.0 Å². The number of fused-ring (bicyclic) bond motifs is 1. The van der Waals surface area contributed by atoms with Gasteiger partial charge in [-0.05, 0) is 25.2 Å². The predicted octanol–water partition coefficient (Wildman–Crippen LogP) is 2.20. The van der Waals surface area contributed by atoms with Crippen molar-refractivity contribution in [3.05, 3.63) is 0 Å². The Labute approximate surface area is 134 Å². The normalized spacial score (nSPS) is 41.0. The predicted molar refractivity (Wildman–Crippen MR) is 85.4 cm³/mol. The summed E-state index contributed by atoms with van der Waals surface area (Å²) in [6.07, 6.45) is 4.50. The average Bonchev–Trinajstić information content (AvgIpc) is 2.94. The van der Waals surface area contributed by atoms with Crippen LogP contribution in [0.15, 0.2) is 0 Å². The molecule has 0 aromatic carbocycles. The molecule has 2 heterocycles. The number of carbonyl (C=O) groups is 1. The molecular weight excluding hydrogens is 288 g/mol. The summed E-state index contributed by atoms with van der Waals surface area (Å²) in [5.74, 6) is 1.04. The number of hydrogen-bond acceptors (Lipinski definition) is 3. The van der Waals surface area contributed by atoms with E-state index in [1.165, 1.54) is 0 Å². The summed E-state index contributed by atoms with van der Waals surface area (Å²) in [4.78, 5) is 15.0. The first kappa shape index (κ1) is 17.0. The number of halogens is 1. The highest BCUT2D eigenvalue weighted by atomic mass is 35.5. The Kier molecular flexibility index (Phi) is 4.63. The summed E-state index contributed by atoms with van der Waals surface area (Å²) in [5.41, 5.74) is 5.70. The van der Waals surface area contributed by atoms with Gasteiger partial charge in [0.25, 0.3) is 0 Å². The van der Waals surface area contributed by atoms with E-state index < -0.39 is 5.54 Å². The van der Waals surface area contributed by atoms with E-state index in [4.69, 9.17) is 10.5 Å². The van der Waals surface area contributed by atoms with E-state index >= 15 is 0 Å². The molecule has 0 aromatic rings. The van der Waals surface area contributed by atoms with Crippen molar-refractivity contribution in [2.45, 2.75) is 58.1 Å². The van der Waals surface area contributed by atoms with Crippen LogP contribution in [0.1, 0.15) is 46.5 Å². The molecule has 0 aromatic heterocycles. The second-order valence-corrected chi connectivity index (χ2v) is 7.44. The molecule has 3 aliphatic rings. The van der Waals surface area contributed by atoms with Gasteiger partial charge in [-0.1, -0.05) is 27.2 Å². The number of nitrogens with two attached hydrogens (primary N) is 1. The molecule has 3 rings (SSSR count). The fourth-order valence-electron chi connectivity index (χ4n) is 4.62. The van der Waals surface area contributed by atoms with Crippen LogP contribution in [0.5, 0.6) is 0 Å². The zero-order valence-corrected chi connectivity index (χ0v) is 14.2. The van der Waals surface area contributed by atoms with E-state index in [-0.39, 0.29) is 35.8 Å². The third kappa shape index (κ3) is 2.22. The standard InChI is InChI=1S/C16H28N2O2.ClH/c1-4-11-7-8-18(10-11)14(19)16(17)12-6-5-9-20-13(12)15(16,2)3;/h11-13H,4-10,17H2,1-3H3;1H. The maximum absolute atomic E-state index is 13.0. The van der Waals surface area contributed by atoms with Gasteiger partial charge >= 0.3 is 0 Å². The molecule has 2 N–H and O–H groups in total. The van der Waals surface area contributed by atoms with Crippen molar-refractivity contribution in [3.8, 4) is 0 Å². The van der Waals surface area contributed by atoms with Crippen LogP contribution in [0, 0.1) is 17.3 Å². The lowest BCUT2D eigenvalue weighted by molar-refractivity contribution is -0.229. The van der Waals surface area contributed by atoms with Crippen LogP contribution in [0.3, 0.4) is 0 Å². The Balaban J connectivity index is 0.00000161. The largest absolute Gasteiger partial charge is 0.377 e. The van der Waals surface area contributed by atoms with Crippen LogP contribution in [-0.4, -0.2) is 42.1 Å². The minimum absolute atomic E-state index is 0. The van der Waals surface area contributed by atoms with Crippen molar-refractivity contribution in [2.24, 2.45) is 23.0 Å². The summed E-state index contributed by atoms with van der Waals surface area (Å²) < 4.78 is 5.89. The van der Waals surface area contributed by atoms with Crippen molar-refractivity contribution in [2.75, 3.05) is 19.7 Å². The first-order valence-corrected chi connectivity index (χ1v) is 8.12. The van der Waals surface area contributed by atoms with E-state index in [0.29, 0.717) is 5.92 Å². The van der Waals surface area contributed by atoms with Gasteiger partial charge in [-0.3, -0.25) is 4.79 Å². The molecule has 1 aliphatic carbocycles. The monoisotopic (exact) mass is 316 g/mol. The van der Waals surface area contributed by atoms with Gasteiger partial charge in [-0.15, -0.1) is 12.4 Å². The van der Waals surface area contributed by atoms with Gasteiger partial charge in [0.1, 0.15) is 5.54 Å². The summed E-state index contributed by atoms with van der Waals surface area (Å²) in [5, 5.41) is 0. The van der Waals surface area contributed by atoms with Gasteiger partial charge in [0.05, 0.1) is 6.10 Å². The minimum atomic E-state index is -0.722. The molecule has 0 spiro atoms. The Morgan fingerprint density at radius 2 is 2.10 bits per heavy atom. The minimum Gasteiger partial charge on any atom is -0.377 e. The molecule has 0 radical (unpaired) electrons. The molecule has 4 atom stereocenters. The van der Waals surface area contributed by atoms with Gasteiger partial charge in [-0.2, -0.15) is 0 Å². The van der Waals surface area contributed by atoms with E-state index in [1.54, 1.807) is 0 Å². The maximum Gasteiger partial charge on any atom is 0.243 e. The van der Waals surface area contributed by atoms with Gasteiger partial charge in [-0.25, -0.2) is 0 Å². The lowest BCUT2D eigenvalue weighted by Crippen LogP contribution is -2.82. The molecule has 3 fully saturated rings. The van der Waals surface area contributed by atoms with E-state index in [2.05, 4.69) is 20.8 Å². The third-order valence-corrected chi connectivity index (χ3v) is 6.19. The average molecular weight is 317 g/mol. The van der Waals surface area contributed by atoms with E-state index in [0.717, 1.165) is 45.4 Å². The van der Waals surface area contributed by atoms with Gasteiger partial charge < -0.3 is 15.4 Å². The number of hydrogen-bond donors (Lipinski definition) is 1. The molecule has 4 nitrogen and oxygen atoms in total. The number of amides is 1. The highest BCUT2D eigenvalue weighted by Crippen LogP contribution is 2.58. The van der Waals surface area contributed by atoms with Crippen molar-refractivity contribution < 1.29 is 9.53 Å². The van der Waals surface area contributed by atoms with Crippen LogP contribution < -0.4 is 5.73 Å². The molecule has 2 saturated heterocycles. The number of nitrogens with zero attached hydrogens (tertiary/aromatic N) is 1. The maximum atomic E-state index is 13.0. The molecule has 2 aliphatic heterocycles. The van der Waals surface area contributed by atoms with Crippen molar-refractivity contribution >= 4 is 18.3 Å². The summed E-state index contributed by atoms with van der Waals surface area (Å²) in [6.45, 7) is 8.99. The lowest BCUT2D eigenvalue weighted by atomic mass is 9.46. The molecule has 4 unspecified atom stereocenters. The number of rotatable bonds is 2. The first-order valence-electron chi connectivity index (χ1n) is 8.12. The molecule has 1 amide bonds. The zero-order valence-electron chi connectivity index (χ0n) is 13.4. The SMILES string of the molecule is CCC1CCN(C(=O)C2(N)C3CCCOC3C2(C)C)C1.Cl. The fraction of sp³-hybridized carbons (Fsp3) is 0.938. The second-order valence-electron chi connectivity index (χ2n) is 7.44. The Morgan fingerprint density at radius 3 is 2.71 bits per heavy atom. The molecular formula is C16H29ClN2O2. The number of carbonyl (C=O) groups excluding carboxylic acids is 1. The van der Waals surface area contributed by atoms with E-state index in [9.17, 15) is 4.79 Å². The second kappa shape index (κ2) is 5.71. The number of ether oxygens (including phenoxy) is 1. The van der Waals surface area contributed by atoms with Crippen LogP contribution in [0.4, 0.5) is 0 Å². The van der Waals surface area contributed by atoms with Crippen LogP contribution in [-0.2, 0) is 9.53 Å². The molecule has 5 heteroatoms. The lowest BCUT2D eigenvalue weighted by Gasteiger charge is -2.65. The van der Waals surface area contributed by atoms with Gasteiger partial charge in [0.2, 0.25) is 5.91 Å². The Bertz CT molecular complexity index is 415. The quantitative estimate of drug-likeness (QED) is 0.849. The van der Waals surface area contributed by atoms with Crippen molar-refractivity contribution in [1.82, 2.24) is 4.90 Å². The van der Waals surface area contributed by atoms with Crippen LogP contribution >= 0.6 is 12.4 Å². The molecule has 21 heavy (non-hydrogen) atoms. The fourth-order valence-corrected chi connectivity index (χ4v) is 4.62. The van der Waals surface area contributed by atoms with Crippen LogP contribution in [0.25, 0.3) is 0 Å². The molecule has 122 valence electrons. The zero-order chi connectivity index (χ0) is 14.5. The topological polar surface area (TPSA) is 55.6 Å². The van der Waals surface area contributed by atoms with Gasteiger partial charge in [0.15, 0.2) is 0 Å². The Morgan fingerprint density at radius 1 is 1.38 bits per heavy atom. The number of likely N-dealkylation sites (tertiary alicyclic amines) is 1. The van der Waals surface area contributed by atoms with E-state index in [1.807, 2.05) is 4.90 Å².